The number of nitrogens with two attached hydrogens (primary N) is 3. The SMILES string of the molecule is C.C.C.CC(=O)OC1=Cc2ccccc2N(C(N)=O)c2ccccc21.CC(=O)O[C@H]1Cc2ccccc2N(C(N)=O)c2ccccc21.NC(=O)N1c2ccccc2CC(=O)c2ccccc21. The number of ether oxygens (including phenoxy) is 2. The molecule has 0 saturated carbocycles. The number of Topliss-reactive ketones (excluding diaryl/α,β-unsaturated/α-hetero) is 1. The molecule has 6 N–H and O–H groups in total. The number of urea groups is 3. The minimum absolute atomic E-state index is 0. The van der Waals surface area contributed by atoms with Gasteiger partial charge in [-0.15, -0.1) is 0 Å². The quantitative estimate of drug-likeness (QED) is 0.142. The van der Waals surface area contributed by atoms with Crippen molar-refractivity contribution in [1.29, 1.82) is 0 Å². The summed E-state index contributed by atoms with van der Waals surface area (Å²) in [5.41, 5.74) is 24.8. The van der Waals surface area contributed by atoms with Crippen LogP contribution in [-0.2, 0) is 31.9 Å². The number of primary amides is 3. The summed E-state index contributed by atoms with van der Waals surface area (Å²) in [7, 11) is 0. The molecule has 0 radical (unpaired) electrons. The fourth-order valence-corrected chi connectivity index (χ4v) is 7.78. The highest BCUT2D eigenvalue weighted by atomic mass is 16.5. The van der Waals surface area contributed by atoms with Crippen molar-refractivity contribution in [3.8, 4) is 0 Å². The Morgan fingerprint density at radius 2 is 0.924 bits per heavy atom. The number of carbonyl (C=O) groups is 6. The van der Waals surface area contributed by atoms with Gasteiger partial charge in [0.25, 0.3) is 0 Å². The first kappa shape index (κ1) is 50.1. The Kier molecular flexibility index (Phi) is 16.5. The second kappa shape index (κ2) is 21.7. The molecule has 6 aromatic carbocycles. The topological polar surface area (TPSA) is 209 Å². The average molecular weight is 891 g/mol. The molecule has 0 saturated heterocycles. The van der Waals surface area contributed by atoms with Crippen LogP contribution in [0.2, 0.25) is 0 Å². The van der Waals surface area contributed by atoms with Gasteiger partial charge in [0, 0.05) is 48.9 Å². The van der Waals surface area contributed by atoms with Gasteiger partial charge in [0.15, 0.2) is 5.78 Å². The molecule has 3 aliphatic heterocycles. The van der Waals surface area contributed by atoms with Crippen molar-refractivity contribution >= 4 is 81.8 Å². The molecule has 0 aliphatic carbocycles. The molecule has 3 aliphatic rings. The van der Waals surface area contributed by atoms with Gasteiger partial charge in [0.1, 0.15) is 11.9 Å². The third kappa shape index (κ3) is 10.5. The molecule has 14 nitrogen and oxygen atoms in total. The van der Waals surface area contributed by atoms with Gasteiger partial charge >= 0.3 is 30.0 Å². The van der Waals surface area contributed by atoms with E-state index in [2.05, 4.69) is 0 Å². The van der Waals surface area contributed by atoms with Crippen molar-refractivity contribution in [2.24, 2.45) is 17.2 Å². The normalized spacial score (nSPS) is 13.5. The number of fused-ring (bicyclic) bond motifs is 6. The maximum Gasteiger partial charge on any atom is 0.323 e. The minimum atomic E-state index is -0.600. The van der Waals surface area contributed by atoms with Crippen LogP contribution in [0.15, 0.2) is 146 Å². The number of para-hydroxylation sites is 6. The van der Waals surface area contributed by atoms with Gasteiger partial charge in [-0.1, -0.05) is 119 Å². The minimum Gasteiger partial charge on any atom is -0.457 e. The summed E-state index contributed by atoms with van der Waals surface area (Å²) in [4.78, 5) is 75.1. The molecule has 340 valence electrons. The molecule has 14 heteroatoms. The largest absolute Gasteiger partial charge is 0.457 e. The lowest BCUT2D eigenvalue weighted by Crippen LogP contribution is -2.32. The molecule has 6 aromatic rings. The first-order valence-electron chi connectivity index (χ1n) is 19.8. The van der Waals surface area contributed by atoms with Crippen molar-refractivity contribution in [3.05, 3.63) is 179 Å². The average Bonchev–Trinajstić information content (AvgIpc) is 3.55. The Bertz CT molecular complexity index is 2810. The zero-order valence-corrected chi connectivity index (χ0v) is 34.3. The van der Waals surface area contributed by atoms with Crippen LogP contribution < -0.4 is 31.9 Å². The van der Waals surface area contributed by atoms with Crippen LogP contribution in [0.3, 0.4) is 0 Å². The monoisotopic (exact) mass is 890 g/mol. The number of hydrogen-bond acceptors (Lipinski definition) is 8. The Balaban J connectivity index is 0.000000212. The summed E-state index contributed by atoms with van der Waals surface area (Å²) in [6.45, 7) is 2.72. The number of carbonyl (C=O) groups excluding carboxylic acids is 6. The van der Waals surface area contributed by atoms with E-state index in [9.17, 15) is 28.8 Å². The summed E-state index contributed by atoms with van der Waals surface area (Å²) in [5.74, 6) is -0.401. The standard InChI is InChI=1S/C17H16N2O3.C17H14N2O3.C15H12N2O2.3CH4/c2*1-11(20)22-16-10-12-6-2-4-8-14(12)19(17(18)21)15-9-5-3-7-13(15)16;16-15(19)17-12-7-3-1-5-10(12)9-14(18)11-6-2-4-8-13(11)17;;;/h2-9,16H,10H2,1H3,(H2,18,21);2-10H,1H3,(H2,18,21);1-8H,9H2,(H2,16,19);3*1H4/t16-;;;;;/m0...../s1. The molecule has 0 aromatic heterocycles. The Morgan fingerprint density at radius 1 is 0.500 bits per heavy atom. The lowest BCUT2D eigenvalue weighted by molar-refractivity contribution is -0.146. The van der Waals surface area contributed by atoms with Gasteiger partial charge in [-0.05, 0) is 65.7 Å². The van der Waals surface area contributed by atoms with E-state index in [-0.39, 0.29) is 40.5 Å². The van der Waals surface area contributed by atoms with Crippen LogP contribution in [0.1, 0.15) is 80.4 Å². The van der Waals surface area contributed by atoms with Gasteiger partial charge in [-0.2, -0.15) is 0 Å². The van der Waals surface area contributed by atoms with Crippen LogP contribution >= 0.6 is 0 Å². The molecule has 9 rings (SSSR count). The first-order valence-corrected chi connectivity index (χ1v) is 19.8. The summed E-state index contributed by atoms with van der Waals surface area (Å²) in [6.07, 6.45) is 2.06. The fourth-order valence-electron chi connectivity index (χ4n) is 7.78. The summed E-state index contributed by atoms with van der Waals surface area (Å²) in [6, 6.07) is 41.9. The molecule has 6 amide bonds. The van der Waals surface area contributed by atoms with Crippen molar-refractivity contribution in [1.82, 2.24) is 0 Å². The highest BCUT2D eigenvalue weighted by molar-refractivity contribution is 6.12. The Morgan fingerprint density at radius 3 is 1.50 bits per heavy atom. The van der Waals surface area contributed by atoms with Crippen LogP contribution in [0.4, 0.5) is 48.5 Å². The third-order valence-corrected chi connectivity index (χ3v) is 10.3. The Labute approximate surface area is 384 Å². The second-order valence-electron chi connectivity index (χ2n) is 14.4. The van der Waals surface area contributed by atoms with Crippen LogP contribution in [0, 0.1) is 0 Å². The number of amides is 6. The smallest absolute Gasteiger partial charge is 0.323 e. The van der Waals surface area contributed by atoms with Crippen molar-refractivity contribution < 1.29 is 38.2 Å². The van der Waals surface area contributed by atoms with E-state index in [1.165, 1.54) is 28.5 Å². The summed E-state index contributed by atoms with van der Waals surface area (Å²) >= 11 is 0. The van der Waals surface area contributed by atoms with E-state index in [0.29, 0.717) is 51.7 Å². The van der Waals surface area contributed by atoms with Gasteiger partial charge < -0.3 is 26.7 Å². The lowest BCUT2D eigenvalue weighted by Gasteiger charge is -2.23. The van der Waals surface area contributed by atoms with E-state index in [0.717, 1.165) is 27.9 Å². The molecule has 0 spiro atoms. The number of anilines is 6. The number of esters is 2. The highest BCUT2D eigenvalue weighted by Crippen LogP contribution is 2.42. The molecule has 3 heterocycles. The van der Waals surface area contributed by atoms with Crippen LogP contribution in [-0.4, -0.2) is 35.8 Å². The molecule has 1 atom stereocenters. The summed E-state index contributed by atoms with van der Waals surface area (Å²) < 4.78 is 10.8. The molecule has 66 heavy (non-hydrogen) atoms. The Hall–Kier alpha value is -8.52. The molecular formula is C52H54N6O8. The summed E-state index contributed by atoms with van der Waals surface area (Å²) in [5, 5.41) is 0. The maximum atomic E-state index is 12.3. The predicted molar refractivity (Wildman–Crippen MR) is 260 cm³/mol. The van der Waals surface area contributed by atoms with Crippen LogP contribution in [0.5, 0.6) is 0 Å². The second-order valence-corrected chi connectivity index (χ2v) is 14.4. The van der Waals surface area contributed by atoms with E-state index in [1.54, 1.807) is 66.7 Å². The van der Waals surface area contributed by atoms with Gasteiger partial charge in [-0.25, -0.2) is 14.4 Å². The van der Waals surface area contributed by atoms with E-state index in [4.69, 9.17) is 26.7 Å². The highest BCUT2D eigenvalue weighted by Gasteiger charge is 2.31. The zero-order valence-electron chi connectivity index (χ0n) is 34.3. The van der Waals surface area contributed by atoms with E-state index < -0.39 is 30.2 Å². The van der Waals surface area contributed by atoms with E-state index in [1.807, 2.05) is 84.9 Å². The molecule has 0 bridgehead atoms. The fraction of sp³-hybridized carbons (Fsp3) is 0.154. The molecular weight excluding hydrogens is 837 g/mol. The van der Waals surface area contributed by atoms with Crippen molar-refractivity contribution in [2.45, 2.75) is 55.1 Å². The van der Waals surface area contributed by atoms with Gasteiger partial charge in [-0.3, -0.25) is 29.1 Å². The van der Waals surface area contributed by atoms with E-state index >= 15 is 0 Å². The van der Waals surface area contributed by atoms with Crippen molar-refractivity contribution in [2.75, 3.05) is 14.7 Å². The number of rotatable bonds is 2. The predicted octanol–water partition coefficient (Wildman–Crippen LogP) is 10.9. The third-order valence-electron chi connectivity index (χ3n) is 10.3. The first-order chi connectivity index (χ1) is 30.3. The van der Waals surface area contributed by atoms with Gasteiger partial charge in [0.2, 0.25) is 0 Å². The van der Waals surface area contributed by atoms with Crippen molar-refractivity contribution in [3.63, 3.8) is 0 Å². The lowest BCUT2D eigenvalue weighted by atomic mass is 10.0. The number of benzene rings is 6. The van der Waals surface area contributed by atoms with Gasteiger partial charge in [0.05, 0.1) is 34.1 Å². The number of nitrogens with zero attached hydrogens (tertiary/aromatic N) is 3. The maximum absolute atomic E-state index is 12.3. The molecule has 0 unspecified atom stereocenters. The number of ketones is 1. The number of hydrogen-bond donors (Lipinski definition) is 3. The zero-order chi connectivity index (χ0) is 44.8. The molecule has 0 fully saturated rings. The van der Waals surface area contributed by atoms with Crippen LogP contribution in [0.25, 0.3) is 11.8 Å².